The summed E-state index contributed by atoms with van der Waals surface area (Å²) in [4.78, 5) is 40.0. The van der Waals surface area contributed by atoms with Crippen molar-refractivity contribution in [3.8, 4) is 22.9 Å². The molecule has 0 spiro atoms. The largest absolute Gasteiger partial charge is 0.491 e. The average molecular weight is 644 g/mol. The van der Waals surface area contributed by atoms with Gasteiger partial charge >= 0.3 is 5.97 Å². The number of thiophene rings is 1. The van der Waals surface area contributed by atoms with Crippen molar-refractivity contribution in [2.24, 2.45) is 0 Å². The molecule has 10 nitrogen and oxygen atoms in total. The Kier molecular flexibility index (Phi) is 9.02. The Morgan fingerprint density at radius 2 is 1.98 bits per heavy atom. The SMILES string of the molecule is Cc1cc(-c2cc(Cl)ccc2OCCn2c(C)nc3cnc(/C=C/CO)c(C#N)c3c2=O)c2scc(C(=O)OC(C)(C)C)c2n1. The number of aryl methyl sites for hydroxylation is 2. The maximum absolute atomic E-state index is 13.6. The molecular formula is C33H30ClN5O5S. The van der Waals surface area contributed by atoms with Gasteiger partial charge in [-0.3, -0.25) is 19.3 Å². The molecule has 1 aromatic carbocycles. The highest BCUT2D eigenvalue weighted by Gasteiger charge is 2.24. The second-order valence-corrected chi connectivity index (χ2v) is 12.5. The van der Waals surface area contributed by atoms with Crippen LogP contribution < -0.4 is 10.3 Å². The van der Waals surface area contributed by atoms with Crippen molar-refractivity contribution in [3.63, 3.8) is 0 Å². The highest BCUT2D eigenvalue weighted by Crippen LogP contribution is 2.40. The zero-order chi connectivity index (χ0) is 32.5. The number of hydrogen-bond donors (Lipinski definition) is 1. The Hall–Kier alpha value is -4.63. The fourth-order valence-corrected chi connectivity index (χ4v) is 6.08. The fraction of sp³-hybridized carbons (Fsp3) is 0.273. The third kappa shape index (κ3) is 6.59. The van der Waals surface area contributed by atoms with Crippen LogP contribution in [0.4, 0.5) is 0 Å². The van der Waals surface area contributed by atoms with Gasteiger partial charge in [0.1, 0.15) is 29.9 Å². The van der Waals surface area contributed by atoms with Crippen LogP contribution >= 0.6 is 22.9 Å². The first-order valence-electron chi connectivity index (χ1n) is 14.0. The zero-order valence-corrected chi connectivity index (χ0v) is 26.9. The van der Waals surface area contributed by atoms with E-state index in [4.69, 9.17) is 26.2 Å². The lowest BCUT2D eigenvalue weighted by Crippen LogP contribution is -2.27. The van der Waals surface area contributed by atoms with Crippen molar-refractivity contribution in [1.29, 1.82) is 5.26 Å². The van der Waals surface area contributed by atoms with E-state index in [1.54, 1.807) is 30.5 Å². The van der Waals surface area contributed by atoms with Gasteiger partial charge < -0.3 is 14.6 Å². The van der Waals surface area contributed by atoms with Gasteiger partial charge in [0, 0.05) is 27.2 Å². The van der Waals surface area contributed by atoms with Crippen LogP contribution in [0.25, 0.3) is 38.3 Å². The van der Waals surface area contributed by atoms with E-state index in [2.05, 4.69) is 21.0 Å². The molecule has 0 aliphatic heterocycles. The number of fused-ring (bicyclic) bond motifs is 2. The van der Waals surface area contributed by atoms with Crippen molar-refractivity contribution < 1.29 is 19.4 Å². The number of hydrogen-bond acceptors (Lipinski definition) is 10. The third-order valence-corrected chi connectivity index (χ3v) is 8.02. The smallest absolute Gasteiger partial charge is 0.341 e. The number of carbonyl (C=O) groups is 1. The molecule has 45 heavy (non-hydrogen) atoms. The van der Waals surface area contributed by atoms with Gasteiger partial charge in [0.05, 0.1) is 57.3 Å². The standard InChI is InChI=1S/C33H30ClN5O5S/c1-18-13-22(30-29(37-18)24(17-45-30)32(42)44-33(3,4)5)21-14-20(34)8-9-27(21)43-12-10-39-19(2)38-26-16-36-25(7-6-11-40)23(15-35)28(26)31(39)41/h6-9,13-14,16-17,40H,10-12H2,1-5H3/b7-6+. The molecule has 0 fully saturated rings. The van der Waals surface area contributed by atoms with E-state index in [0.29, 0.717) is 44.5 Å². The molecule has 0 saturated heterocycles. The van der Waals surface area contributed by atoms with Gasteiger partial charge in [0.15, 0.2) is 0 Å². The normalized spacial score (nSPS) is 11.8. The molecule has 5 aromatic rings. The van der Waals surface area contributed by atoms with Crippen molar-refractivity contribution in [1.82, 2.24) is 19.5 Å². The van der Waals surface area contributed by atoms with E-state index >= 15 is 0 Å². The molecule has 0 bridgehead atoms. The predicted molar refractivity (Wildman–Crippen MR) is 175 cm³/mol. The topological polar surface area (TPSA) is 140 Å². The lowest BCUT2D eigenvalue weighted by molar-refractivity contribution is 0.00721. The van der Waals surface area contributed by atoms with Crippen molar-refractivity contribution in [2.45, 2.75) is 46.8 Å². The van der Waals surface area contributed by atoms with Crippen LogP contribution in [-0.2, 0) is 11.3 Å². The molecule has 230 valence electrons. The number of pyridine rings is 2. The first-order chi connectivity index (χ1) is 21.4. The van der Waals surface area contributed by atoms with Crippen molar-refractivity contribution >= 4 is 56.1 Å². The lowest BCUT2D eigenvalue weighted by atomic mass is 10.0. The summed E-state index contributed by atoms with van der Waals surface area (Å²) in [5, 5.41) is 21.4. The summed E-state index contributed by atoms with van der Waals surface area (Å²) < 4.78 is 14.1. The number of halogens is 1. The fourth-order valence-electron chi connectivity index (χ4n) is 4.90. The van der Waals surface area contributed by atoms with Gasteiger partial charge in [-0.15, -0.1) is 11.3 Å². The summed E-state index contributed by atoms with van der Waals surface area (Å²) in [7, 11) is 0. The first kappa shape index (κ1) is 31.8. The van der Waals surface area contributed by atoms with Gasteiger partial charge in [0.2, 0.25) is 0 Å². The van der Waals surface area contributed by atoms with E-state index in [9.17, 15) is 14.9 Å². The molecule has 0 amide bonds. The van der Waals surface area contributed by atoms with Crippen LogP contribution in [0.15, 0.2) is 46.7 Å². The van der Waals surface area contributed by atoms with Crippen LogP contribution in [0.1, 0.15) is 53.9 Å². The van der Waals surface area contributed by atoms with E-state index in [1.165, 1.54) is 34.3 Å². The van der Waals surface area contributed by atoms with E-state index in [-0.39, 0.29) is 36.4 Å². The Bertz CT molecular complexity index is 2090. The summed E-state index contributed by atoms with van der Waals surface area (Å²) in [6, 6.07) is 9.24. The molecule has 0 unspecified atom stereocenters. The van der Waals surface area contributed by atoms with Gasteiger partial charge in [-0.25, -0.2) is 9.78 Å². The van der Waals surface area contributed by atoms with Gasteiger partial charge in [-0.1, -0.05) is 17.7 Å². The summed E-state index contributed by atoms with van der Waals surface area (Å²) in [5.41, 5.74) is 2.75. The van der Waals surface area contributed by atoms with E-state index < -0.39 is 17.1 Å². The summed E-state index contributed by atoms with van der Waals surface area (Å²) in [6.45, 7) is 9.03. The number of ether oxygens (including phenoxy) is 2. The number of nitrogens with zero attached hydrogens (tertiary/aromatic N) is 5. The minimum atomic E-state index is -0.654. The van der Waals surface area contributed by atoms with Crippen LogP contribution in [0, 0.1) is 25.2 Å². The van der Waals surface area contributed by atoms with Crippen molar-refractivity contribution in [2.75, 3.05) is 13.2 Å². The second-order valence-electron chi connectivity index (χ2n) is 11.2. The molecule has 0 aliphatic carbocycles. The quantitative estimate of drug-likeness (QED) is 0.194. The Labute approximate surface area is 268 Å². The monoisotopic (exact) mass is 643 g/mol. The Morgan fingerprint density at radius 3 is 2.69 bits per heavy atom. The lowest BCUT2D eigenvalue weighted by Gasteiger charge is -2.19. The summed E-state index contributed by atoms with van der Waals surface area (Å²) in [6.07, 6.45) is 4.38. The van der Waals surface area contributed by atoms with Crippen LogP contribution in [0.3, 0.4) is 0 Å². The number of aliphatic hydroxyl groups excluding tert-OH is 1. The second kappa shape index (κ2) is 12.8. The number of carbonyl (C=O) groups excluding carboxylic acids is 1. The predicted octanol–water partition coefficient (Wildman–Crippen LogP) is 6.25. The number of esters is 1. The van der Waals surface area contributed by atoms with E-state index in [1.807, 2.05) is 33.8 Å². The highest BCUT2D eigenvalue weighted by molar-refractivity contribution is 7.18. The maximum atomic E-state index is 13.6. The van der Waals surface area contributed by atoms with E-state index in [0.717, 1.165) is 10.3 Å². The van der Waals surface area contributed by atoms with Gasteiger partial charge in [-0.05, 0) is 65.0 Å². The molecule has 0 aliphatic rings. The molecule has 4 heterocycles. The molecule has 12 heteroatoms. The Morgan fingerprint density at radius 1 is 1.20 bits per heavy atom. The molecular weight excluding hydrogens is 614 g/mol. The molecule has 1 N–H and O–H groups in total. The third-order valence-electron chi connectivity index (χ3n) is 6.79. The maximum Gasteiger partial charge on any atom is 0.341 e. The Balaban J connectivity index is 1.50. The molecule has 0 atom stereocenters. The number of nitriles is 1. The first-order valence-corrected chi connectivity index (χ1v) is 15.3. The van der Waals surface area contributed by atoms with Crippen LogP contribution in [-0.4, -0.2) is 49.4 Å². The van der Waals surface area contributed by atoms with Gasteiger partial charge in [-0.2, -0.15) is 5.26 Å². The summed E-state index contributed by atoms with van der Waals surface area (Å²) in [5.74, 6) is 0.518. The van der Waals surface area contributed by atoms with Crippen LogP contribution in [0.5, 0.6) is 5.75 Å². The highest BCUT2D eigenvalue weighted by atomic mass is 35.5. The van der Waals surface area contributed by atoms with Crippen LogP contribution in [0.2, 0.25) is 5.02 Å². The molecule has 4 aromatic heterocycles. The minimum Gasteiger partial charge on any atom is -0.491 e. The summed E-state index contributed by atoms with van der Waals surface area (Å²) >= 11 is 7.82. The number of benzene rings is 1. The molecule has 0 radical (unpaired) electrons. The number of aromatic nitrogens is 4. The minimum absolute atomic E-state index is 0.0862. The van der Waals surface area contributed by atoms with Crippen molar-refractivity contribution in [3.05, 3.63) is 85.6 Å². The average Bonchev–Trinajstić information content (AvgIpc) is 3.40. The number of rotatable bonds is 8. The molecule has 0 saturated carbocycles. The van der Waals surface area contributed by atoms with Gasteiger partial charge in [0.25, 0.3) is 5.56 Å². The number of aliphatic hydroxyl groups is 1. The molecule has 5 rings (SSSR count). The zero-order valence-electron chi connectivity index (χ0n) is 25.3.